The number of alkyl halides is 3. The molecule has 0 bridgehead atoms. The molecule has 2 unspecified atom stereocenters. The Morgan fingerprint density at radius 2 is 2.06 bits per heavy atom. The van der Waals surface area contributed by atoms with Gasteiger partial charge < -0.3 is 4.90 Å². The van der Waals surface area contributed by atoms with Gasteiger partial charge in [0.15, 0.2) is 0 Å². The molecule has 0 N–H and O–H groups in total. The van der Waals surface area contributed by atoms with Crippen molar-refractivity contribution in [1.82, 2.24) is 9.97 Å². The van der Waals surface area contributed by atoms with E-state index < -0.39 is 11.9 Å². The zero-order valence-electron chi connectivity index (χ0n) is 9.70. The number of aromatic nitrogens is 2. The zero-order chi connectivity index (χ0) is 12.6. The summed E-state index contributed by atoms with van der Waals surface area (Å²) in [5, 5.41) is 0. The molecule has 94 valence electrons. The number of rotatable bonds is 1. The van der Waals surface area contributed by atoms with Gasteiger partial charge in [0, 0.05) is 18.8 Å². The van der Waals surface area contributed by atoms with Crippen molar-refractivity contribution in [3.8, 4) is 0 Å². The van der Waals surface area contributed by atoms with Crippen LogP contribution in [0, 0.1) is 5.92 Å². The standard InChI is InChI=1S/C11H14F3N3/c1-7-4-6-17(8(7)2)10-15-5-3-9(16-10)11(12,13)14/h3,5,7-8H,4,6H2,1-2H3. The highest BCUT2D eigenvalue weighted by Gasteiger charge is 2.35. The van der Waals surface area contributed by atoms with Crippen LogP contribution in [0.5, 0.6) is 0 Å². The highest BCUT2D eigenvalue weighted by Crippen LogP contribution is 2.31. The second-order valence-corrected chi connectivity index (χ2v) is 4.44. The quantitative estimate of drug-likeness (QED) is 0.761. The van der Waals surface area contributed by atoms with Crippen LogP contribution in [-0.4, -0.2) is 22.6 Å². The van der Waals surface area contributed by atoms with E-state index in [9.17, 15) is 13.2 Å². The lowest BCUT2D eigenvalue weighted by Gasteiger charge is -2.23. The second kappa shape index (κ2) is 4.16. The summed E-state index contributed by atoms with van der Waals surface area (Å²) in [5.41, 5.74) is -0.880. The van der Waals surface area contributed by atoms with Crippen molar-refractivity contribution >= 4 is 5.95 Å². The third-order valence-electron chi connectivity index (χ3n) is 3.33. The third-order valence-corrected chi connectivity index (χ3v) is 3.33. The molecule has 1 saturated heterocycles. The van der Waals surface area contributed by atoms with Gasteiger partial charge in [-0.3, -0.25) is 0 Å². The molecule has 0 amide bonds. The molecule has 2 rings (SSSR count). The molecule has 0 aliphatic carbocycles. The first-order valence-corrected chi connectivity index (χ1v) is 5.56. The average molecular weight is 245 g/mol. The molecule has 1 fully saturated rings. The first kappa shape index (κ1) is 12.1. The summed E-state index contributed by atoms with van der Waals surface area (Å²) in [5.74, 6) is 0.629. The second-order valence-electron chi connectivity index (χ2n) is 4.44. The van der Waals surface area contributed by atoms with Crippen molar-refractivity contribution in [3.63, 3.8) is 0 Å². The van der Waals surface area contributed by atoms with E-state index >= 15 is 0 Å². The van der Waals surface area contributed by atoms with Crippen molar-refractivity contribution in [3.05, 3.63) is 18.0 Å². The summed E-state index contributed by atoms with van der Waals surface area (Å²) in [6.07, 6.45) is -2.28. The van der Waals surface area contributed by atoms with Crippen molar-refractivity contribution < 1.29 is 13.2 Å². The third kappa shape index (κ3) is 2.35. The molecular formula is C11H14F3N3. The summed E-state index contributed by atoms with van der Waals surface area (Å²) >= 11 is 0. The fourth-order valence-corrected chi connectivity index (χ4v) is 2.02. The minimum Gasteiger partial charge on any atom is -0.338 e. The Hall–Kier alpha value is -1.33. The van der Waals surface area contributed by atoms with Crippen LogP contribution >= 0.6 is 0 Å². The van der Waals surface area contributed by atoms with Crippen LogP contribution in [0.4, 0.5) is 19.1 Å². The summed E-state index contributed by atoms with van der Waals surface area (Å²) < 4.78 is 37.6. The predicted octanol–water partition coefficient (Wildman–Crippen LogP) is 2.73. The van der Waals surface area contributed by atoms with E-state index in [2.05, 4.69) is 16.9 Å². The van der Waals surface area contributed by atoms with Gasteiger partial charge in [-0.15, -0.1) is 0 Å². The largest absolute Gasteiger partial charge is 0.433 e. The molecule has 0 radical (unpaired) electrons. The van der Waals surface area contributed by atoms with Crippen LogP contribution in [0.15, 0.2) is 12.3 Å². The lowest BCUT2D eigenvalue weighted by atomic mass is 10.1. The lowest BCUT2D eigenvalue weighted by molar-refractivity contribution is -0.141. The fraction of sp³-hybridized carbons (Fsp3) is 0.636. The van der Waals surface area contributed by atoms with Crippen molar-refractivity contribution in [1.29, 1.82) is 0 Å². The monoisotopic (exact) mass is 245 g/mol. The van der Waals surface area contributed by atoms with Crippen molar-refractivity contribution in [2.75, 3.05) is 11.4 Å². The van der Waals surface area contributed by atoms with Crippen molar-refractivity contribution in [2.45, 2.75) is 32.5 Å². The van der Waals surface area contributed by atoms with Gasteiger partial charge in [-0.1, -0.05) is 6.92 Å². The molecule has 0 saturated carbocycles. The molecule has 1 aromatic rings. The first-order chi connectivity index (χ1) is 7.89. The predicted molar refractivity (Wildman–Crippen MR) is 57.6 cm³/mol. The topological polar surface area (TPSA) is 29.0 Å². The number of hydrogen-bond donors (Lipinski definition) is 0. The molecule has 1 aromatic heterocycles. The van der Waals surface area contributed by atoms with E-state index in [1.165, 1.54) is 6.20 Å². The van der Waals surface area contributed by atoms with Gasteiger partial charge in [0.25, 0.3) is 0 Å². The minimum absolute atomic E-state index is 0.177. The summed E-state index contributed by atoms with van der Waals surface area (Å²) in [7, 11) is 0. The van der Waals surface area contributed by atoms with E-state index in [0.717, 1.165) is 12.5 Å². The molecule has 0 spiro atoms. The summed E-state index contributed by atoms with van der Waals surface area (Å²) in [4.78, 5) is 9.37. The summed E-state index contributed by atoms with van der Waals surface area (Å²) in [6.45, 7) is 4.78. The zero-order valence-corrected chi connectivity index (χ0v) is 9.70. The average Bonchev–Trinajstić information content (AvgIpc) is 2.59. The maximum Gasteiger partial charge on any atom is 0.433 e. The van der Waals surface area contributed by atoms with Crippen molar-refractivity contribution in [2.24, 2.45) is 5.92 Å². The first-order valence-electron chi connectivity index (χ1n) is 5.56. The Bertz CT molecular complexity index is 405. The molecule has 2 heterocycles. The van der Waals surface area contributed by atoms with Crippen LogP contribution in [0.1, 0.15) is 26.0 Å². The van der Waals surface area contributed by atoms with E-state index in [0.29, 0.717) is 12.5 Å². The molecule has 3 nitrogen and oxygen atoms in total. The molecular weight excluding hydrogens is 231 g/mol. The van der Waals surface area contributed by atoms with Crippen LogP contribution in [0.3, 0.4) is 0 Å². The van der Waals surface area contributed by atoms with Gasteiger partial charge >= 0.3 is 6.18 Å². The smallest absolute Gasteiger partial charge is 0.338 e. The van der Waals surface area contributed by atoms with Crippen LogP contribution < -0.4 is 4.90 Å². The van der Waals surface area contributed by atoms with Crippen LogP contribution in [-0.2, 0) is 6.18 Å². The highest BCUT2D eigenvalue weighted by molar-refractivity contribution is 5.34. The highest BCUT2D eigenvalue weighted by atomic mass is 19.4. The number of nitrogens with zero attached hydrogens (tertiary/aromatic N) is 3. The SMILES string of the molecule is CC1CCN(c2nccc(C(F)(F)F)n2)C1C. The van der Waals surface area contributed by atoms with Gasteiger partial charge in [0.1, 0.15) is 5.69 Å². The Morgan fingerprint density at radius 1 is 1.35 bits per heavy atom. The van der Waals surface area contributed by atoms with E-state index in [-0.39, 0.29) is 12.0 Å². The molecule has 1 aliphatic heterocycles. The molecule has 2 atom stereocenters. The van der Waals surface area contributed by atoms with Crippen LogP contribution in [0.25, 0.3) is 0 Å². The van der Waals surface area contributed by atoms with Gasteiger partial charge in [-0.25, -0.2) is 9.97 Å². The Morgan fingerprint density at radius 3 is 2.59 bits per heavy atom. The molecule has 17 heavy (non-hydrogen) atoms. The maximum atomic E-state index is 12.5. The van der Waals surface area contributed by atoms with Gasteiger partial charge in [-0.05, 0) is 25.3 Å². The Kier molecular flexibility index (Phi) is 2.97. The fourth-order valence-electron chi connectivity index (χ4n) is 2.02. The molecule has 0 aromatic carbocycles. The van der Waals surface area contributed by atoms with E-state index in [4.69, 9.17) is 0 Å². The molecule has 1 aliphatic rings. The van der Waals surface area contributed by atoms with E-state index in [1.54, 1.807) is 0 Å². The van der Waals surface area contributed by atoms with Gasteiger partial charge in [-0.2, -0.15) is 13.2 Å². The normalized spacial score (nSPS) is 25.4. The van der Waals surface area contributed by atoms with Crippen LogP contribution in [0.2, 0.25) is 0 Å². The minimum atomic E-state index is -4.41. The van der Waals surface area contributed by atoms with E-state index in [1.807, 2.05) is 11.8 Å². The Balaban J connectivity index is 2.28. The number of halogens is 3. The lowest BCUT2D eigenvalue weighted by Crippen LogP contribution is -2.31. The molecule has 6 heteroatoms. The van der Waals surface area contributed by atoms with Gasteiger partial charge in [0.2, 0.25) is 5.95 Å². The number of anilines is 1. The number of hydrogen-bond acceptors (Lipinski definition) is 3. The summed E-state index contributed by atoms with van der Waals surface area (Å²) in [6, 6.07) is 1.08. The Labute approximate surface area is 97.7 Å². The maximum absolute atomic E-state index is 12.5. The van der Waals surface area contributed by atoms with Gasteiger partial charge in [0.05, 0.1) is 0 Å².